The number of unbranched alkanes of at least 4 members (excludes halogenated alkanes) is 3. The molecule has 4 heteroatoms. The molecule has 0 aromatic heterocycles. The number of carbonyl (C=O) groups excluding carboxylic acids is 1. The number of carbonyl (C=O) groups is 1. The van der Waals surface area contributed by atoms with Gasteiger partial charge in [0.2, 0.25) is 12.7 Å². The first kappa shape index (κ1) is 18.1. The van der Waals surface area contributed by atoms with Crippen LogP contribution in [0.5, 0.6) is 11.5 Å². The van der Waals surface area contributed by atoms with Crippen molar-refractivity contribution in [1.29, 1.82) is 0 Å². The largest absolute Gasteiger partial charge is 0.454 e. The Hall–Kier alpha value is -2.23. The zero-order valence-electron chi connectivity index (χ0n) is 14.6. The highest BCUT2D eigenvalue weighted by atomic mass is 16.7. The molecule has 1 aliphatic rings. The summed E-state index contributed by atoms with van der Waals surface area (Å²) >= 11 is 0. The number of benzene rings is 1. The molecule has 130 valence electrons. The minimum absolute atomic E-state index is 0.00593. The maximum atomic E-state index is 11.5. The quantitative estimate of drug-likeness (QED) is 0.542. The van der Waals surface area contributed by atoms with E-state index < -0.39 is 0 Å². The van der Waals surface area contributed by atoms with Gasteiger partial charge in [0, 0.05) is 6.54 Å². The lowest BCUT2D eigenvalue weighted by molar-refractivity contribution is -0.116. The van der Waals surface area contributed by atoms with Crippen molar-refractivity contribution < 1.29 is 14.3 Å². The molecule has 1 N–H and O–H groups in total. The smallest absolute Gasteiger partial charge is 0.243 e. The first-order valence-electron chi connectivity index (χ1n) is 8.65. The molecule has 2 rings (SSSR count). The second kappa shape index (κ2) is 9.81. The number of fused-ring (bicyclic) bond motifs is 1. The SMILES string of the molecule is CC(C)CNC(=O)C=CCCCCC=Cc1ccc2c(c1)OCO2. The third-order valence-corrected chi connectivity index (χ3v) is 3.65. The Morgan fingerprint density at radius 3 is 2.71 bits per heavy atom. The molecule has 1 aliphatic heterocycles. The molecule has 0 saturated carbocycles. The van der Waals surface area contributed by atoms with Crippen molar-refractivity contribution in [3.05, 3.63) is 42.0 Å². The summed E-state index contributed by atoms with van der Waals surface area (Å²) in [6.07, 6.45) is 12.0. The topological polar surface area (TPSA) is 47.6 Å². The molecule has 0 radical (unpaired) electrons. The molecule has 1 amide bonds. The molecule has 24 heavy (non-hydrogen) atoms. The highest BCUT2D eigenvalue weighted by Gasteiger charge is 2.11. The molecule has 1 heterocycles. The molecule has 0 spiro atoms. The Bertz CT molecular complexity index is 591. The van der Waals surface area contributed by atoms with E-state index in [1.807, 2.05) is 24.3 Å². The van der Waals surface area contributed by atoms with Gasteiger partial charge in [-0.2, -0.15) is 0 Å². The van der Waals surface area contributed by atoms with Gasteiger partial charge in [0.05, 0.1) is 0 Å². The van der Waals surface area contributed by atoms with Crippen LogP contribution >= 0.6 is 0 Å². The lowest BCUT2D eigenvalue weighted by Gasteiger charge is -2.04. The summed E-state index contributed by atoms with van der Waals surface area (Å²) in [6.45, 7) is 5.21. The van der Waals surface area contributed by atoms with E-state index in [9.17, 15) is 4.79 Å². The summed E-state index contributed by atoms with van der Waals surface area (Å²) < 4.78 is 10.7. The molecular formula is C20H27NO3. The minimum Gasteiger partial charge on any atom is -0.454 e. The molecule has 1 aromatic carbocycles. The summed E-state index contributed by atoms with van der Waals surface area (Å²) in [5, 5.41) is 2.87. The predicted molar refractivity (Wildman–Crippen MR) is 97.1 cm³/mol. The van der Waals surface area contributed by atoms with Gasteiger partial charge in [-0.15, -0.1) is 0 Å². The second-order valence-corrected chi connectivity index (χ2v) is 6.34. The molecule has 0 atom stereocenters. The van der Waals surface area contributed by atoms with Crippen molar-refractivity contribution in [2.45, 2.75) is 39.5 Å². The zero-order chi connectivity index (χ0) is 17.2. The standard InChI is InChI=1S/C20H27NO3/c1-16(2)14-21-20(22)10-8-6-4-3-5-7-9-17-11-12-18-19(13-17)24-15-23-18/h7-13,16H,3-6,14-15H2,1-2H3,(H,21,22). The van der Waals surface area contributed by atoms with Gasteiger partial charge in [-0.25, -0.2) is 0 Å². The zero-order valence-corrected chi connectivity index (χ0v) is 14.6. The molecule has 0 fully saturated rings. The third kappa shape index (κ3) is 6.49. The van der Waals surface area contributed by atoms with Crippen LogP contribution in [0.2, 0.25) is 0 Å². The summed E-state index contributed by atoms with van der Waals surface area (Å²) in [5.74, 6) is 2.12. The predicted octanol–water partition coefficient (Wildman–Crippen LogP) is 4.32. The monoisotopic (exact) mass is 329 g/mol. The maximum absolute atomic E-state index is 11.5. The average molecular weight is 329 g/mol. The minimum atomic E-state index is 0.00593. The number of ether oxygens (including phenoxy) is 2. The highest BCUT2D eigenvalue weighted by Crippen LogP contribution is 2.32. The van der Waals surface area contributed by atoms with Crippen molar-refractivity contribution in [3.8, 4) is 11.5 Å². The molecule has 4 nitrogen and oxygen atoms in total. The number of allylic oxidation sites excluding steroid dienone is 2. The molecule has 0 bridgehead atoms. The van der Waals surface area contributed by atoms with Crippen LogP contribution in [0.15, 0.2) is 36.4 Å². The summed E-state index contributed by atoms with van der Waals surface area (Å²) in [6, 6.07) is 5.97. The summed E-state index contributed by atoms with van der Waals surface area (Å²) in [5.41, 5.74) is 1.13. The van der Waals surface area contributed by atoms with E-state index in [2.05, 4.69) is 31.3 Å². The van der Waals surface area contributed by atoms with E-state index in [-0.39, 0.29) is 5.91 Å². The van der Waals surface area contributed by atoms with E-state index in [1.165, 1.54) is 0 Å². The number of rotatable bonds is 9. The Kier molecular flexibility index (Phi) is 7.40. The maximum Gasteiger partial charge on any atom is 0.243 e. The van der Waals surface area contributed by atoms with E-state index in [0.29, 0.717) is 12.7 Å². The molecule has 0 saturated heterocycles. The van der Waals surface area contributed by atoms with Gasteiger partial charge in [-0.3, -0.25) is 4.79 Å². The Morgan fingerprint density at radius 2 is 1.92 bits per heavy atom. The van der Waals surface area contributed by atoms with Crippen molar-refractivity contribution in [2.75, 3.05) is 13.3 Å². The molecule has 0 unspecified atom stereocenters. The first-order valence-corrected chi connectivity index (χ1v) is 8.65. The number of nitrogens with one attached hydrogen (secondary N) is 1. The van der Waals surface area contributed by atoms with Crippen molar-refractivity contribution >= 4 is 12.0 Å². The number of hydrogen-bond donors (Lipinski definition) is 1. The fraction of sp³-hybridized carbons (Fsp3) is 0.450. The highest BCUT2D eigenvalue weighted by molar-refractivity contribution is 5.87. The van der Waals surface area contributed by atoms with Crippen molar-refractivity contribution in [1.82, 2.24) is 5.32 Å². The van der Waals surface area contributed by atoms with Crippen LogP contribution in [0.1, 0.15) is 45.1 Å². The van der Waals surface area contributed by atoms with Crippen LogP contribution in [0.4, 0.5) is 0 Å². The van der Waals surface area contributed by atoms with Crippen molar-refractivity contribution in [3.63, 3.8) is 0 Å². The molecule has 0 aliphatic carbocycles. The van der Waals surface area contributed by atoms with E-state index in [0.717, 1.165) is 49.3 Å². The molecule has 1 aromatic rings. The van der Waals surface area contributed by atoms with Gasteiger partial charge in [0.1, 0.15) is 0 Å². The number of hydrogen-bond acceptors (Lipinski definition) is 3. The summed E-state index contributed by atoms with van der Waals surface area (Å²) in [7, 11) is 0. The van der Waals surface area contributed by atoms with Crippen LogP contribution in [-0.2, 0) is 4.79 Å². The Balaban J connectivity index is 1.57. The van der Waals surface area contributed by atoms with Gasteiger partial charge in [-0.1, -0.05) is 38.1 Å². The van der Waals surface area contributed by atoms with Crippen LogP contribution in [0, 0.1) is 5.92 Å². The Labute approximate surface area is 144 Å². The van der Waals surface area contributed by atoms with Gasteiger partial charge in [-0.05, 0) is 55.4 Å². The van der Waals surface area contributed by atoms with Gasteiger partial charge < -0.3 is 14.8 Å². The first-order chi connectivity index (χ1) is 11.6. The third-order valence-electron chi connectivity index (χ3n) is 3.65. The molecular weight excluding hydrogens is 302 g/mol. The van der Waals surface area contributed by atoms with E-state index in [4.69, 9.17) is 9.47 Å². The van der Waals surface area contributed by atoms with Crippen LogP contribution in [-0.4, -0.2) is 19.2 Å². The van der Waals surface area contributed by atoms with Gasteiger partial charge in [0.15, 0.2) is 11.5 Å². The lowest BCUT2D eigenvalue weighted by Crippen LogP contribution is -2.25. The summed E-state index contributed by atoms with van der Waals surface area (Å²) in [4.78, 5) is 11.5. The van der Waals surface area contributed by atoms with Crippen molar-refractivity contribution in [2.24, 2.45) is 5.92 Å². The van der Waals surface area contributed by atoms with Crippen LogP contribution < -0.4 is 14.8 Å². The fourth-order valence-corrected chi connectivity index (χ4v) is 2.31. The van der Waals surface area contributed by atoms with Gasteiger partial charge in [0.25, 0.3) is 0 Å². The number of amides is 1. The Morgan fingerprint density at radius 1 is 1.17 bits per heavy atom. The average Bonchev–Trinajstić information content (AvgIpc) is 3.03. The van der Waals surface area contributed by atoms with Crippen LogP contribution in [0.25, 0.3) is 6.08 Å². The van der Waals surface area contributed by atoms with Crippen LogP contribution in [0.3, 0.4) is 0 Å². The van der Waals surface area contributed by atoms with Gasteiger partial charge >= 0.3 is 0 Å². The second-order valence-electron chi connectivity index (χ2n) is 6.34. The fourth-order valence-electron chi connectivity index (χ4n) is 2.31. The lowest BCUT2D eigenvalue weighted by atomic mass is 10.1. The normalized spacial score (nSPS) is 13.3. The van der Waals surface area contributed by atoms with E-state index in [1.54, 1.807) is 6.08 Å². The van der Waals surface area contributed by atoms with E-state index >= 15 is 0 Å².